The Morgan fingerprint density at radius 1 is 0.905 bits per heavy atom. The van der Waals surface area contributed by atoms with Gasteiger partial charge < -0.3 is 19.1 Å². The van der Waals surface area contributed by atoms with Crippen LogP contribution in [0.4, 0.5) is 0 Å². The molecule has 3 aromatic carbocycles. The lowest BCUT2D eigenvalue weighted by Crippen LogP contribution is -2.43. The lowest BCUT2D eigenvalue weighted by Gasteiger charge is -2.27. The summed E-state index contributed by atoms with van der Waals surface area (Å²) in [7, 11) is -0.810. The van der Waals surface area contributed by atoms with Crippen LogP contribution in [-0.2, 0) is 32.5 Å². The summed E-state index contributed by atoms with van der Waals surface area (Å²) in [5.74, 6) is 0.992. The number of fused-ring (bicyclic) bond motifs is 1. The number of methoxy groups -OCH3 is 2. The number of hydrogen-bond acceptors (Lipinski definition) is 7. The van der Waals surface area contributed by atoms with E-state index < -0.39 is 10.0 Å². The smallest absolute Gasteiger partial charge is 0.244 e. The fourth-order valence-corrected chi connectivity index (χ4v) is 7.13. The number of hydrogen-bond donors (Lipinski definition) is 0. The van der Waals surface area contributed by atoms with Gasteiger partial charge in [-0.25, -0.2) is 8.42 Å². The predicted molar refractivity (Wildman–Crippen MR) is 167 cm³/mol. The second-order valence-electron chi connectivity index (χ2n) is 9.70. The van der Waals surface area contributed by atoms with Gasteiger partial charge in [0.05, 0.1) is 32.2 Å². The summed E-state index contributed by atoms with van der Waals surface area (Å²) in [4.78, 5) is 16.9. The Morgan fingerprint density at radius 2 is 1.69 bits per heavy atom. The van der Waals surface area contributed by atoms with Gasteiger partial charge in [-0.3, -0.25) is 4.79 Å². The summed E-state index contributed by atoms with van der Waals surface area (Å²) >= 11 is 1.56. The number of ether oxygens (including phenoxy) is 3. The quantitative estimate of drug-likeness (QED) is 0.153. The zero-order valence-corrected chi connectivity index (χ0v) is 26.0. The highest BCUT2D eigenvalue weighted by atomic mass is 32.2. The lowest BCUT2D eigenvalue weighted by atomic mass is 10.1. The van der Waals surface area contributed by atoms with E-state index in [2.05, 4.69) is 0 Å². The Bertz CT molecular complexity index is 1550. The van der Waals surface area contributed by atoms with E-state index in [1.165, 1.54) is 4.31 Å². The largest absolute Gasteiger partial charge is 0.493 e. The molecule has 0 bridgehead atoms. The van der Waals surface area contributed by atoms with Gasteiger partial charge in [0.25, 0.3) is 0 Å². The molecule has 0 saturated heterocycles. The van der Waals surface area contributed by atoms with Crippen molar-refractivity contribution in [1.29, 1.82) is 0 Å². The molecule has 1 heterocycles. The van der Waals surface area contributed by atoms with Gasteiger partial charge in [-0.1, -0.05) is 48.5 Å². The molecule has 0 saturated carbocycles. The van der Waals surface area contributed by atoms with Crippen LogP contribution in [0.25, 0.3) is 10.8 Å². The fourth-order valence-electron chi connectivity index (χ4n) is 4.76. The lowest BCUT2D eigenvalue weighted by molar-refractivity contribution is -0.132. The van der Waals surface area contributed by atoms with E-state index in [-0.39, 0.29) is 23.9 Å². The minimum absolute atomic E-state index is 0.166. The van der Waals surface area contributed by atoms with Crippen molar-refractivity contribution in [1.82, 2.24) is 9.21 Å². The Hall–Kier alpha value is -3.44. The zero-order valence-electron chi connectivity index (χ0n) is 24.3. The van der Waals surface area contributed by atoms with Gasteiger partial charge in [-0.15, -0.1) is 11.3 Å². The van der Waals surface area contributed by atoms with Gasteiger partial charge in [0.2, 0.25) is 15.9 Å². The molecule has 42 heavy (non-hydrogen) atoms. The number of amides is 1. The van der Waals surface area contributed by atoms with Gasteiger partial charge >= 0.3 is 0 Å². The first-order valence-electron chi connectivity index (χ1n) is 13.9. The van der Waals surface area contributed by atoms with Gasteiger partial charge in [0.1, 0.15) is 0 Å². The number of benzene rings is 3. The van der Waals surface area contributed by atoms with Crippen LogP contribution >= 0.6 is 11.3 Å². The third kappa shape index (κ3) is 7.89. The summed E-state index contributed by atoms with van der Waals surface area (Å²) in [6.07, 6.45) is 1.04. The Balaban J connectivity index is 1.60. The minimum atomic E-state index is -3.99. The highest BCUT2D eigenvalue weighted by molar-refractivity contribution is 7.89. The molecule has 0 unspecified atom stereocenters. The molecule has 4 rings (SSSR count). The molecular weight excluding hydrogens is 572 g/mol. The van der Waals surface area contributed by atoms with Crippen molar-refractivity contribution in [2.75, 3.05) is 47.1 Å². The summed E-state index contributed by atoms with van der Waals surface area (Å²) < 4.78 is 45.8. The molecule has 8 nitrogen and oxygen atoms in total. The zero-order chi connectivity index (χ0) is 30.0. The Morgan fingerprint density at radius 3 is 2.43 bits per heavy atom. The van der Waals surface area contributed by atoms with E-state index in [1.807, 2.05) is 66.9 Å². The molecule has 0 N–H and O–H groups in total. The predicted octanol–water partition coefficient (Wildman–Crippen LogP) is 5.61. The van der Waals surface area contributed by atoms with Gasteiger partial charge in [-0.05, 0) is 60.4 Å². The SMILES string of the molecule is CCOCCCN(CC(=O)N(CCc1ccc(OC)c(OC)c1)Cc1cccs1)S(=O)(=O)c1cccc2ccccc12. The van der Waals surface area contributed by atoms with Gasteiger partial charge in [0.15, 0.2) is 11.5 Å². The van der Waals surface area contributed by atoms with Crippen molar-refractivity contribution in [2.24, 2.45) is 0 Å². The maximum Gasteiger partial charge on any atom is 0.244 e. The van der Waals surface area contributed by atoms with Crippen molar-refractivity contribution >= 4 is 38.0 Å². The van der Waals surface area contributed by atoms with Gasteiger partial charge in [0, 0.05) is 36.6 Å². The van der Waals surface area contributed by atoms with Crippen LogP contribution in [-0.4, -0.2) is 70.6 Å². The molecule has 0 atom stereocenters. The minimum Gasteiger partial charge on any atom is -0.493 e. The van der Waals surface area contributed by atoms with E-state index >= 15 is 0 Å². The van der Waals surface area contributed by atoms with E-state index in [1.54, 1.807) is 48.7 Å². The number of carbonyl (C=O) groups excluding carboxylic acids is 1. The highest BCUT2D eigenvalue weighted by Gasteiger charge is 2.30. The Kier molecular flexibility index (Phi) is 11.4. The molecule has 0 radical (unpaired) electrons. The van der Waals surface area contributed by atoms with Crippen molar-refractivity contribution in [3.8, 4) is 11.5 Å². The molecule has 1 aromatic heterocycles. The first-order chi connectivity index (χ1) is 20.4. The molecule has 0 fully saturated rings. The third-order valence-corrected chi connectivity index (χ3v) is 9.74. The number of rotatable bonds is 16. The van der Waals surface area contributed by atoms with Crippen molar-refractivity contribution in [2.45, 2.75) is 31.2 Å². The van der Waals surface area contributed by atoms with Crippen molar-refractivity contribution in [3.05, 3.63) is 88.6 Å². The van der Waals surface area contributed by atoms with Crippen LogP contribution in [0, 0.1) is 0 Å². The van der Waals surface area contributed by atoms with Crippen LogP contribution in [0.2, 0.25) is 0 Å². The number of nitrogens with zero attached hydrogens (tertiary/aromatic N) is 2. The van der Waals surface area contributed by atoms with Crippen LogP contribution in [0.1, 0.15) is 23.8 Å². The molecule has 0 aliphatic carbocycles. The molecule has 0 aliphatic heterocycles. The van der Waals surface area contributed by atoms with Crippen LogP contribution < -0.4 is 9.47 Å². The van der Waals surface area contributed by atoms with Crippen LogP contribution in [0.3, 0.4) is 0 Å². The summed E-state index contributed by atoms with van der Waals surface area (Å²) in [6.45, 7) is 3.55. The standard InChI is InChI=1S/C32H38N2O6S2/c1-4-40-20-9-18-34(42(36,37)31-14-7-11-26-10-5-6-13-28(26)31)24-32(35)33(23-27-12-8-21-41-27)19-17-25-15-16-29(38-2)30(22-25)39-3/h5-8,10-16,21-22H,4,9,17-20,23-24H2,1-3H3. The summed E-state index contributed by atoms with van der Waals surface area (Å²) in [5.41, 5.74) is 0.980. The van der Waals surface area contributed by atoms with E-state index in [4.69, 9.17) is 14.2 Å². The number of carbonyl (C=O) groups is 1. The maximum absolute atomic E-state index is 14.1. The molecule has 1 amide bonds. The molecule has 0 aliphatic rings. The first-order valence-corrected chi connectivity index (χ1v) is 16.3. The van der Waals surface area contributed by atoms with E-state index in [9.17, 15) is 13.2 Å². The first kappa shape index (κ1) is 31.5. The number of sulfonamides is 1. The fraction of sp³-hybridized carbons (Fsp3) is 0.344. The Labute approximate surface area is 252 Å². The van der Waals surface area contributed by atoms with E-state index in [0.717, 1.165) is 15.8 Å². The normalized spacial score (nSPS) is 11.6. The second-order valence-corrected chi connectivity index (χ2v) is 12.6. The number of thiophene rings is 1. The molecule has 4 aromatic rings. The van der Waals surface area contributed by atoms with Crippen LogP contribution in [0.15, 0.2) is 83.1 Å². The summed E-state index contributed by atoms with van der Waals surface area (Å²) in [5, 5.41) is 3.43. The molecule has 224 valence electrons. The average Bonchev–Trinajstić information content (AvgIpc) is 3.53. The monoisotopic (exact) mass is 610 g/mol. The average molecular weight is 611 g/mol. The highest BCUT2D eigenvalue weighted by Crippen LogP contribution is 2.29. The molecule has 10 heteroatoms. The second kappa shape index (κ2) is 15.2. The van der Waals surface area contributed by atoms with Crippen LogP contribution in [0.5, 0.6) is 11.5 Å². The van der Waals surface area contributed by atoms with Crippen molar-refractivity contribution < 1.29 is 27.4 Å². The maximum atomic E-state index is 14.1. The third-order valence-electron chi connectivity index (χ3n) is 6.98. The van der Waals surface area contributed by atoms with Gasteiger partial charge in [-0.2, -0.15) is 4.31 Å². The van der Waals surface area contributed by atoms with E-state index in [0.29, 0.717) is 56.0 Å². The summed E-state index contributed by atoms with van der Waals surface area (Å²) in [6, 6.07) is 22.2. The van der Waals surface area contributed by atoms with Crippen molar-refractivity contribution in [3.63, 3.8) is 0 Å². The molecular formula is C32H38N2O6S2. The topological polar surface area (TPSA) is 85.4 Å². The molecule has 0 spiro atoms.